The van der Waals surface area contributed by atoms with Crippen LogP contribution < -0.4 is 5.32 Å². The first-order valence-electron chi connectivity index (χ1n) is 6.50. The fourth-order valence-electron chi connectivity index (χ4n) is 2.04. The summed E-state index contributed by atoms with van der Waals surface area (Å²) in [6.45, 7) is 9.05. The van der Waals surface area contributed by atoms with E-state index < -0.39 is 0 Å². The van der Waals surface area contributed by atoms with Crippen molar-refractivity contribution >= 4 is 0 Å². The lowest BCUT2D eigenvalue weighted by Gasteiger charge is -2.26. The van der Waals surface area contributed by atoms with Crippen LogP contribution in [0, 0.1) is 12.8 Å². The van der Waals surface area contributed by atoms with Gasteiger partial charge >= 0.3 is 0 Å². The SMILES string of the molecule is COCC(NC(C)c1ccc(C)cc1O)C(C)C. The molecule has 2 atom stereocenters. The van der Waals surface area contributed by atoms with Crippen molar-refractivity contribution in [3.63, 3.8) is 0 Å². The zero-order valence-corrected chi connectivity index (χ0v) is 12.0. The molecule has 3 heteroatoms. The molecule has 1 rings (SSSR count). The van der Waals surface area contributed by atoms with E-state index in [4.69, 9.17) is 4.74 Å². The van der Waals surface area contributed by atoms with Crippen LogP contribution in [0.15, 0.2) is 18.2 Å². The number of benzene rings is 1. The van der Waals surface area contributed by atoms with Gasteiger partial charge in [-0.05, 0) is 31.4 Å². The minimum Gasteiger partial charge on any atom is -0.508 e. The Hall–Kier alpha value is -1.06. The molecule has 102 valence electrons. The number of aromatic hydroxyl groups is 1. The van der Waals surface area contributed by atoms with E-state index in [1.54, 1.807) is 13.2 Å². The number of phenolic OH excluding ortho intramolecular Hbond substituents is 1. The van der Waals surface area contributed by atoms with Crippen LogP contribution in [-0.4, -0.2) is 24.9 Å². The molecule has 0 aliphatic rings. The first-order chi connectivity index (χ1) is 8.45. The predicted octanol–water partition coefficient (Wildman–Crippen LogP) is 3.02. The molecule has 0 bridgehead atoms. The van der Waals surface area contributed by atoms with Gasteiger partial charge in [0.05, 0.1) is 6.61 Å². The number of aryl methyl sites for hydroxylation is 1. The topological polar surface area (TPSA) is 41.5 Å². The molecule has 0 aliphatic carbocycles. The lowest BCUT2D eigenvalue weighted by molar-refractivity contribution is 0.141. The highest BCUT2D eigenvalue weighted by atomic mass is 16.5. The zero-order chi connectivity index (χ0) is 13.7. The van der Waals surface area contributed by atoms with Gasteiger partial charge in [0.1, 0.15) is 5.75 Å². The second kappa shape index (κ2) is 6.76. The molecule has 0 spiro atoms. The van der Waals surface area contributed by atoms with Crippen molar-refractivity contribution in [3.05, 3.63) is 29.3 Å². The van der Waals surface area contributed by atoms with Gasteiger partial charge in [-0.15, -0.1) is 0 Å². The lowest BCUT2D eigenvalue weighted by Crippen LogP contribution is -2.39. The third kappa shape index (κ3) is 4.00. The van der Waals surface area contributed by atoms with Gasteiger partial charge in [0.15, 0.2) is 0 Å². The van der Waals surface area contributed by atoms with Gasteiger partial charge in [-0.2, -0.15) is 0 Å². The van der Waals surface area contributed by atoms with Crippen LogP contribution in [-0.2, 0) is 4.74 Å². The quantitative estimate of drug-likeness (QED) is 0.816. The Kier molecular flexibility index (Phi) is 5.63. The van der Waals surface area contributed by atoms with E-state index in [9.17, 15) is 5.11 Å². The Morgan fingerprint density at radius 2 is 1.94 bits per heavy atom. The van der Waals surface area contributed by atoms with Gasteiger partial charge in [0.2, 0.25) is 0 Å². The monoisotopic (exact) mass is 251 g/mol. The standard InChI is InChI=1S/C15H25NO2/c1-10(2)14(9-18-5)16-12(4)13-7-6-11(3)8-15(13)17/h6-8,10,12,14,16-17H,9H2,1-5H3. The number of nitrogens with one attached hydrogen (secondary N) is 1. The zero-order valence-electron chi connectivity index (χ0n) is 12.0. The fourth-order valence-corrected chi connectivity index (χ4v) is 2.04. The van der Waals surface area contributed by atoms with E-state index in [-0.39, 0.29) is 12.1 Å². The summed E-state index contributed by atoms with van der Waals surface area (Å²) < 4.78 is 5.23. The first-order valence-corrected chi connectivity index (χ1v) is 6.50. The minimum absolute atomic E-state index is 0.105. The maximum absolute atomic E-state index is 9.97. The van der Waals surface area contributed by atoms with Crippen LogP contribution in [0.4, 0.5) is 0 Å². The molecule has 0 fully saturated rings. The summed E-state index contributed by atoms with van der Waals surface area (Å²) in [4.78, 5) is 0. The highest BCUT2D eigenvalue weighted by Gasteiger charge is 2.18. The van der Waals surface area contributed by atoms with Gasteiger partial charge < -0.3 is 15.2 Å². The van der Waals surface area contributed by atoms with Gasteiger partial charge in [-0.25, -0.2) is 0 Å². The Labute approximate surface area is 110 Å². The van der Waals surface area contributed by atoms with E-state index in [0.29, 0.717) is 18.3 Å². The summed E-state index contributed by atoms with van der Waals surface area (Å²) in [6, 6.07) is 6.19. The molecule has 0 heterocycles. The normalized spacial score (nSPS) is 14.8. The number of rotatable bonds is 6. The van der Waals surface area contributed by atoms with Crippen LogP contribution >= 0.6 is 0 Å². The van der Waals surface area contributed by atoms with Crippen molar-refractivity contribution in [3.8, 4) is 5.75 Å². The highest BCUT2D eigenvalue weighted by molar-refractivity contribution is 5.37. The Morgan fingerprint density at radius 1 is 1.28 bits per heavy atom. The summed E-state index contributed by atoms with van der Waals surface area (Å²) in [5.41, 5.74) is 2.00. The van der Waals surface area contributed by atoms with Gasteiger partial charge in [-0.1, -0.05) is 26.0 Å². The third-order valence-corrected chi connectivity index (χ3v) is 3.27. The van der Waals surface area contributed by atoms with Crippen molar-refractivity contribution in [2.45, 2.75) is 39.8 Å². The molecule has 2 N–H and O–H groups in total. The van der Waals surface area contributed by atoms with Crippen LogP contribution in [0.1, 0.15) is 37.9 Å². The Balaban J connectivity index is 2.76. The van der Waals surface area contributed by atoms with E-state index in [2.05, 4.69) is 26.1 Å². The highest BCUT2D eigenvalue weighted by Crippen LogP contribution is 2.25. The van der Waals surface area contributed by atoms with Gasteiger partial charge in [-0.3, -0.25) is 0 Å². The molecule has 1 aromatic carbocycles. The smallest absolute Gasteiger partial charge is 0.120 e. The maximum atomic E-state index is 9.97. The predicted molar refractivity (Wildman–Crippen MR) is 74.9 cm³/mol. The number of hydrogen-bond donors (Lipinski definition) is 2. The summed E-state index contributed by atoms with van der Waals surface area (Å²) in [5, 5.41) is 13.5. The molecule has 3 nitrogen and oxygen atoms in total. The van der Waals surface area contributed by atoms with Crippen LogP contribution in [0.25, 0.3) is 0 Å². The van der Waals surface area contributed by atoms with E-state index in [0.717, 1.165) is 11.1 Å². The molecule has 0 saturated heterocycles. The summed E-state index contributed by atoms with van der Waals surface area (Å²) >= 11 is 0. The summed E-state index contributed by atoms with van der Waals surface area (Å²) in [6.07, 6.45) is 0. The molecular weight excluding hydrogens is 226 g/mol. The number of phenols is 1. The van der Waals surface area contributed by atoms with Crippen LogP contribution in [0.5, 0.6) is 5.75 Å². The molecule has 18 heavy (non-hydrogen) atoms. The number of hydrogen-bond acceptors (Lipinski definition) is 3. The summed E-state index contributed by atoms with van der Waals surface area (Å²) in [5.74, 6) is 0.843. The molecule has 2 unspecified atom stereocenters. The minimum atomic E-state index is 0.105. The van der Waals surface area contributed by atoms with Gasteiger partial charge in [0.25, 0.3) is 0 Å². The van der Waals surface area contributed by atoms with E-state index in [1.165, 1.54) is 0 Å². The molecule has 0 saturated carbocycles. The molecular formula is C15H25NO2. The van der Waals surface area contributed by atoms with Crippen molar-refractivity contribution in [2.24, 2.45) is 5.92 Å². The first kappa shape index (κ1) is 15.0. The maximum Gasteiger partial charge on any atom is 0.120 e. The van der Waals surface area contributed by atoms with Gasteiger partial charge in [0, 0.05) is 24.8 Å². The Bertz CT molecular complexity index is 377. The molecule has 0 amide bonds. The fraction of sp³-hybridized carbons (Fsp3) is 0.600. The van der Waals surface area contributed by atoms with Crippen molar-refractivity contribution < 1.29 is 9.84 Å². The largest absolute Gasteiger partial charge is 0.508 e. The molecule has 0 aromatic heterocycles. The van der Waals surface area contributed by atoms with E-state index >= 15 is 0 Å². The third-order valence-electron chi connectivity index (χ3n) is 3.27. The van der Waals surface area contributed by atoms with Crippen molar-refractivity contribution in [1.82, 2.24) is 5.32 Å². The van der Waals surface area contributed by atoms with Crippen molar-refractivity contribution in [1.29, 1.82) is 0 Å². The number of ether oxygens (including phenoxy) is 1. The second-order valence-electron chi connectivity index (χ2n) is 5.26. The van der Waals surface area contributed by atoms with Crippen molar-refractivity contribution in [2.75, 3.05) is 13.7 Å². The Morgan fingerprint density at radius 3 is 2.44 bits per heavy atom. The molecule has 1 aromatic rings. The lowest BCUT2D eigenvalue weighted by atomic mass is 10.0. The van der Waals surface area contributed by atoms with Crippen LogP contribution in [0.2, 0.25) is 0 Å². The number of methoxy groups -OCH3 is 1. The average Bonchev–Trinajstić information content (AvgIpc) is 2.27. The molecule has 0 radical (unpaired) electrons. The molecule has 0 aliphatic heterocycles. The van der Waals surface area contributed by atoms with E-state index in [1.807, 2.05) is 19.1 Å². The second-order valence-corrected chi connectivity index (χ2v) is 5.26. The van der Waals surface area contributed by atoms with Crippen LogP contribution in [0.3, 0.4) is 0 Å². The summed E-state index contributed by atoms with van der Waals surface area (Å²) in [7, 11) is 1.71. The average molecular weight is 251 g/mol.